The Labute approximate surface area is 127 Å². The Morgan fingerprint density at radius 2 is 1.80 bits per heavy atom. The first-order valence-corrected chi connectivity index (χ1v) is 6.72. The Hall–Kier alpha value is -1.69. The van der Waals surface area contributed by atoms with E-state index in [9.17, 15) is 4.39 Å². The molecule has 2 aromatic rings. The largest absolute Gasteiger partial charge is 0.332 e. The lowest BCUT2D eigenvalue weighted by Crippen LogP contribution is -2.39. The van der Waals surface area contributed by atoms with Gasteiger partial charge in [-0.2, -0.15) is 0 Å². The summed E-state index contributed by atoms with van der Waals surface area (Å²) in [5.41, 5.74) is 7.48. The molecule has 0 spiro atoms. The first kappa shape index (κ1) is 14.7. The quantitative estimate of drug-likeness (QED) is 0.597. The third-order valence-corrected chi connectivity index (χ3v) is 3.11. The topological polar surface area (TPSA) is 36.1 Å². The van der Waals surface area contributed by atoms with Crippen LogP contribution in [0.25, 0.3) is 0 Å². The molecule has 3 N–H and O–H groups in total. The Kier molecular flexibility index (Phi) is 5.29. The van der Waals surface area contributed by atoms with E-state index in [-0.39, 0.29) is 5.82 Å². The molecule has 0 fully saturated rings. The number of hydrazine groups is 1. The average Bonchev–Trinajstić information content (AvgIpc) is 2.43. The van der Waals surface area contributed by atoms with E-state index in [4.69, 9.17) is 23.8 Å². The van der Waals surface area contributed by atoms with Gasteiger partial charge in [0, 0.05) is 17.3 Å². The predicted octanol–water partition coefficient (Wildman–Crippen LogP) is 3.47. The van der Waals surface area contributed by atoms with E-state index in [1.807, 2.05) is 24.3 Å². The predicted molar refractivity (Wildman–Crippen MR) is 84.0 cm³/mol. The van der Waals surface area contributed by atoms with Crippen molar-refractivity contribution in [3.63, 3.8) is 0 Å². The van der Waals surface area contributed by atoms with Gasteiger partial charge < -0.3 is 5.32 Å². The van der Waals surface area contributed by atoms with Crippen LogP contribution >= 0.6 is 23.8 Å². The van der Waals surface area contributed by atoms with Crippen molar-refractivity contribution in [1.82, 2.24) is 10.9 Å². The lowest BCUT2D eigenvalue weighted by atomic mass is 10.2. The van der Waals surface area contributed by atoms with Gasteiger partial charge in [0.2, 0.25) is 0 Å². The van der Waals surface area contributed by atoms with Gasteiger partial charge >= 0.3 is 0 Å². The average molecular weight is 310 g/mol. The van der Waals surface area contributed by atoms with Gasteiger partial charge in [-0.15, -0.1) is 0 Å². The van der Waals surface area contributed by atoms with Crippen LogP contribution in [0.2, 0.25) is 5.02 Å². The van der Waals surface area contributed by atoms with Crippen molar-refractivity contribution in [3.05, 3.63) is 64.9 Å². The van der Waals surface area contributed by atoms with Crippen LogP contribution in [0.1, 0.15) is 5.56 Å². The monoisotopic (exact) mass is 309 g/mol. The van der Waals surface area contributed by atoms with Gasteiger partial charge in [0.25, 0.3) is 0 Å². The van der Waals surface area contributed by atoms with Crippen LogP contribution in [0.5, 0.6) is 0 Å². The van der Waals surface area contributed by atoms with Crippen molar-refractivity contribution < 1.29 is 4.39 Å². The third kappa shape index (κ3) is 4.45. The molecule has 0 aliphatic rings. The summed E-state index contributed by atoms with van der Waals surface area (Å²) in [4.78, 5) is 0. The van der Waals surface area contributed by atoms with Crippen LogP contribution in [-0.2, 0) is 6.54 Å². The summed E-state index contributed by atoms with van der Waals surface area (Å²) in [6.07, 6.45) is 0. The fraction of sp³-hybridized carbons (Fsp3) is 0.0714. The Morgan fingerprint density at radius 1 is 1.10 bits per heavy atom. The minimum absolute atomic E-state index is 0.286. The highest BCUT2D eigenvalue weighted by Gasteiger charge is 2.00. The smallest absolute Gasteiger partial charge is 0.185 e. The van der Waals surface area contributed by atoms with E-state index in [0.717, 1.165) is 5.56 Å². The summed E-state index contributed by atoms with van der Waals surface area (Å²) in [7, 11) is 0. The molecule has 2 rings (SSSR count). The van der Waals surface area contributed by atoms with Gasteiger partial charge in [-0.3, -0.25) is 5.43 Å². The van der Waals surface area contributed by atoms with E-state index in [1.54, 1.807) is 12.1 Å². The summed E-state index contributed by atoms with van der Waals surface area (Å²) in [5.74, 6) is -0.286. The molecule has 104 valence electrons. The molecular weight excluding hydrogens is 297 g/mol. The van der Waals surface area contributed by atoms with Gasteiger partial charge in [0.05, 0.1) is 0 Å². The highest BCUT2D eigenvalue weighted by molar-refractivity contribution is 7.80. The maximum absolute atomic E-state index is 12.8. The van der Waals surface area contributed by atoms with E-state index in [2.05, 4.69) is 16.2 Å². The summed E-state index contributed by atoms with van der Waals surface area (Å²) in [5, 5.41) is 4.01. The molecule has 0 saturated heterocycles. The number of anilines is 1. The van der Waals surface area contributed by atoms with Crippen molar-refractivity contribution >= 4 is 34.6 Å². The van der Waals surface area contributed by atoms with Crippen LogP contribution in [0.4, 0.5) is 10.1 Å². The summed E-state index contributed by atoms with van der Waals surface area (Å²) >= 11 is 11.1. The normalized spacial score (nSPS) is 10.1. The molecule has 0 atom stereocenters. The zero-order chi connectivity index (χ0) is 14.4. The summed E-state index contributed by atoms with van der Waals surface area (Å²) < 4.78 is 12.8. The van der Waals surface area contributed by atoms with Crippen LogP contribution in [0.15, 0.2) is 48.5 Å². The van der Waals surface area contributed by atoms with Gasteiger partial charge in [0.1, 0.15) is 5.82 Å². The molecule has 0 radical (unpaired) electrons. The Balaban J connectivity index is 1.78. The molecular formula is C14H13ClFN3S. The number of nitrogens with one attached hydrogen (secondary N) is 3. The molecule has 6 heteroatoms. The lowest BCUT2D eigenvalue weighted by molar-refractivity contribution is 0.628. The van der Waals surface area contributed by atoms with Crippen molar-refractivity contribution in [2.24, 2.45) is 0 Å². The first-order valence-electron chi connectivity index (χ1n) is 5.94. The second kappa shape index (κ2) is 7.19. The Bertz CT molecular complexity index is 589. The van der Waals surface area contributed by atoms with Crippen LogP contribution in [0, 0.1) is 5.82 Å². The zero-order valence-electron chi connectivity index (χ0n) is 10.5. The zero-order valence-corrected chi connectivity index (χ0v) is 12.1. The van der Waals surface area contributed by atoms with Crippen molar-refractivity contribution in [3.8, 4) is 0 Å². The van der Waals surface area contributed by atoms with Crippen molar-refractivity contribution in [1.29, 1.82) is 0 Å². The van der Waals surface area contributed by atoms with Gasteiger partial charge in [-0.25, -0.2) is 9.82 Å². The number of rotatable bonds is 4. The van der Waals surface area contributed by atoms with E-state index in [1.165, 1.54) is 12.1 Å². The third-order valence-electron chi connectivity index (χ3n) is 2.54. The summed E-state index contributed by atoms with van der Waals surface area (Å²) in [6.45, 7) is 0.533. The molecule has 0 aliphatic carbocycles. The van der Waals surface area contributed by atoms with E-state index in [0.29, 0.717) is 22.4 Å². The maximum Gasteiger partial charge on any atom is 0.185 e. The highest BCUT2D eigenvalue weighted by Crippen LogP contribution is 2.14. The highest BCUT2D eigenvalue weighted by atomic mass is 35.5. The number of benzene rings is 2. The molecule has 2 aromatic carbocycles. The second-order valence-electron chi connectivity index (χ2n) is 4.03. The van der Waals surface area contributed by atoms with Crippen LogP contribution in [0.3, 0.4) is 0 Å². The maximum atomic E-state index is 12.8. The number of hydrogen-bond donors (Lipinski definition) is 3. The molecule has 0 bridgehead atoms. The van der Waals surface area contributed by atoms with Gasteiger partial charge in [-0.1, -0.05) is 29.8 Å². The number of hydrogen-bond acceptors (Lipinski definition) is 2. The SMILES string of the molecule is Fc1ccc(NC(=S)NNCc2ccccc2Cl)cc1. The molecule has 0 aliphatic heterocycles. The molecule has 0 heterocycles. The Morgan fingerprint density at radius 3 is 2.50 bits per heavy atom. The molecule has 0 amide bonds. The minimum Gasteiger partial charge on any atom is -0.332 e. The van der Waals surface area contributed by atoms with Crippen LogP contribution < -0.4 is 16.2 Å². The fourth-order valence-electron chi connectivity index (χ4n) is 1.56. The van der Waals surface area contributed by atoms with Crippen molar-refractivity contribution in [2.75, 3.05) is 5.32 Å². The van der Waals surface area contributed by atoms with Gasteiger partial charge in [0.15, 0.2) is 5.11 Å². The molecule has 0 saturated carbocycles. The lowest BCUT2D eigenvalue weighted by Gasteiger charge is -2.12. The minimum atomic E-state index is -0.286. The molecule has 20 heavy (non-hydrogen) atoms. The van der Waals surface area contributed by atoms with Crippen molar-refractivity contribution in [2.45, 2.75) is 6.54 Å². The standard InChI is InChI=1S/C14H13ClFN3S/c15-13-4-2-1-3-10(13)9-17-19-14(20)18-12-7-5-11(16)6-8-12/h1-8,17H,9H2,(H2,18,19,20). The number of halogens is 2. The molecule has 0 aromatic heterocycles. The van der Waals surface area contributed by atoms with E-state index < -0.39 is 0 Å². The van der Waals surface area contributed by atoms with E-state index >= 15 is 0 Å². The second-order valence-corrected chi connectivity index (χ2v) is 4.85. The van der Waals surface area contributed by atoms with Gasteiger partial charge in [-0.05, 0) is 48.1 Å². The summed E-state index contributed by atoms with van der Waals surface area (Å²) in [6, 6.07) is 13.5. The molecule has 3 nitrogen and oxygen atoms in total. The fourth-order valence-corrected chi connectivity index (χ4v) is 1.95. The number of thiocarbonyl (C=S) groups is 1. The first-order chi connectivity index (χ1) is 9.65. The van der Waals surface area contributed by atoms with Crippen LogP contribution in [-0.4, -0.2) is 5.11 Å². The molecule has 0 unspecified atom stereocenters.